The first-order valence-electron chi connectivity index (χ1n) is 11.1. The van der Waals surface area contributed by atoms with E-state index < -0.39 is 11.6 Å². The zero-order valence-electron chi connectivity index (χ0n) is 19.4. The summed E-state index contributed by atoms with van der Waals surface area (Å²) in [7, 11) is 3.28. The standard InChI is InChI=1S/C27H32N2O4/c1-4-25(28)26(30)29-18-19-33-27(20-8-6-5-7-9-20,21-10-14-23(31-2)15-11-21)22-12-16-24(32-3)17-13-22/h5-17,25H,4,18-19,28H2,1-3H3,(H,29,30)/t25-/m0/s1. The third kappa shape index (κ3) is 5.53. The van der Waals surface area contributed by atoms with Crippen molar-refractivity contribution in [2.75, 3.05) is 27.4 Å². The van der Waals surface area contributed by atoms with Crippen LogP contribution in [0.15, 0.2) is 78.9 Å². The molecule has 33 heavy (non-hydrogen) atoms. The average Bonchev–Trinajstić information content (AvgIpc) is 2.89. The Labute approximate surface area is 195 Å². The van der Waals surface area contributed by atoms with Crippen LogP contribution in [-0.2, 0) is 15.1 Å². The smallest absolute Gasteiger partial charge is 0.236 e. The fourth-order valence-electron chi connectivity index (χ4n) is 3.77. The van der Waals surface area contributed by atoms with E-state index in [9.17, 15) is 4.79 Å². The number of rotatable bonds is 11. The van der Waals surface area contributed by atoms with Gasteiger partial charge in [-0.2, -0.15) is 0 Å². The van der Waals surface area contributed by atoms with Gasteiger partial charge in [-0.25, -0.2) is 0 Å². The molecule has 3 N–H and O–H groups in total. The van der Waals surface area contributed by atoms with E-state index in [1.807, 2.05) is 85.8 Å². The van der Waals surface area contributed by atoms with Crippen LogP contribution in [0.1, 0.15) is 30.0 Å². The van der Waals surface area contributed by atoms with Gasteiger partial charge in [0.1, 0.15) is 17.1 Å². The highest BCUT2D eigenvalue weighted by Crippen LogP contribution is 2.41. The molecular formula is C27H32N2O4. The molecule has 174 valence electrons. The number of ether oxygens (including phenoxy) is 3. The molecule has 0 saturated heterocycles. The van der Waals surface area contributed by atoms with Crippen LogP contribution >= 0.6 is 0 Å². The van der Waals surface area contributed by atoms with E-state index >= 15 is 0 Å². The number of benzene rings is 3. The Morgan fingerprint density at radius 2 is 1.33 bits per heavy atom. The maximum absolute atomic E-state index is 12.1. The molecule has 0 aliphatic carbocycles. The summed E-state index contributed by atoms with van der Waals surface area (Å²) in [4.78, 5) is 12.1. The molecule has 0 unspecified atom stereocenters. The van der Waals surface area contributed by atoms with Crippen LogP contribution in [0, 0.1) is 0 Å². The lowest BCUT2D eigenvalue weighted by molar-refractivity contribution is -0.122. The molecule has 6 nitrogen and oxygen atoms in total. The van der Waals surface area contributed by atoms with E-state index in [-0.39, 0.29) is 12.5 Å². The SMILES string of the molecule is CC[C@H](N)C(=O)NCCOC(c1ccccc1)(c1ccc(OC)cc1)c1ccc(OC)cc1. The van der Waals surface area contributed by atoms with Gasteiger partial charge in [-0.3, -0.25) is 4.79 Å². The second-order valence-electron chi connectivity index (χ2n) is 7.66. The third-order valence-corrected chi connectivity index (χ3v) is 5.67. The van der Waals surface area contributed by atoms with Crippen LogP contribution in [0.25, 0.3) is 0 Å². The van der Waals surface area contributed by atoms with Crippen molar-refractivity contribution in [3.63, 3.8) is 0 Å². The Morgan fingerprint density at radius 1 is 0.848 bits per heavy atom. The molecule has 0 saturated carbocycles. The van der Waals surface area contributed by atoms with Crippen LogP contribution in [-0.4, -0.2) is 39.3 Å². The third-order valence-electron chi connectivity index (χ3n) is 5.67. The molecule has 0 fully saturated rings. The van der Waals surface area contributed by atoms with E-state index in [1.165, 1.54) is 0 Å². The van der Waals surface area contributed by atoms with Crippen molar-refractivity contribution in [1.82, 2.24) is 5.32 Å². The monoisotopic (exact) mass is 448 g/mol. The summed E-state index contributed by atoms with van der Waals surface area (Å²) in [6.07, 6.45) is 0.582. The molecule has 0 spiro atoms. The highest BCUT2D eigenvalue weighted by molar-refractivity contribution is 5.81. The lowest BCUT2D eigenvalue weighted by atomic mass is 9.80. The number of hydrogen-bond donors (Lipinski definition) is 2. The fourth-order valence-corrected chi connectivity index (χ4v) is 3.77. The van der Waals surface area contributed by atoms with Gasteiger partial charge < -0.3 is 25.3 Å². The first-order chi connectivity index (χ1) is 16.0. The van der Waals surface area contributed by atoms with E-state index in [0.29, 0.717) is 13.0 Å². The van der Waals surface area contributed by atoms with Gasteiger partial charge in [-0.05, 0) is 47.4 Å². The van der Waals surface area contributed by atoms with Crippen LogP contribution in [0.2, 0.25) is 0 Å². The zero-order valence-corrected chi connectivity index (χ0v) is 19.4. The number of nitrogens with two attached hydrogens (primary N) is 1. The van der Waals surface area contributed by atoms with Crippen molar-refractivity contribution in [3.05, 3.63) is 95.6 Å². The lowest BCUT2D eigenvalue weighted by Crippen LogP contribution is -2.42. The summed E-state index contributed by atoms with van der Waals surface area (Å²) in [6, 6.07) is 25.2. The molecule has 0 aliphatic heterocycles. The van der Waals surface area contributed by atoms with E-state index in [1.54, 1.807) is 14.2 Å². The predicted molar refractivity (Wildman–Crippen MR) is 130 cm³/mol. The zero-order chi connectivity index (χ0) is 23.7. The van der Waals surface area contributed by atoms with Gasteiger partial charge in [0.25, 0.3) is 0 Å². The highest BCUT2D eigenvalue weighted by Gasteiger charge is 2.37. The molecular weight excluding hydrogens is 416 g/mol. The molecule has 0 aliphatic rings. The van der Waals surface area contributed by atoms with Crippen LogP contribution in [0.4, 0.5) is 0 Å². The Kier molecular flexibility index (Phi) is 8.46. The van der Waals surface area contributed by atoms with E-state index in [2.05, 4.69) is 5.32 Å². The summed E-state index contributed by atoms with van der Waals surface area (Å²) in [5, 5.41) is 2.87. The molecule has 0 aromatic heterocycles. The first-order valence-corrected chi connectivity index (χ1v) is 11.1. The molecule has 3 rings (SSSR count). The number of carbonyl (C=O) groups excluding carboxylic acids is 1. The molecule has 0 bridgehead atoms. The molecule has 0 radical (unpaired) electrons. The second-order valence-corrected chi connectivity index (χ2v) is 7.66. The Balaban J connectivity index is 2.03. The number of methoxy groups -OCH3 is 2. The molecule has 0 heterocycles. The number of amides is 1. The average molecular weight is 449 g/mol. The van der Waals surface area contributed by atoms with E-state index in [4.69, 9.17) is 19.9 Å². The lowest BCUT2D eigenvalue weighted by Gasteiger charge is -2.36. The topological polar surface area (TPSA) is 82.8 Å². The summed E-state index contributed by atoms with van der Waals surface area (Å²) in [5.41, 5.74) is 7.78. The van der Waals surface area contributed by atoms with E-state index in [0.717, 1.165) is 28.2 Å². The van der Waals surface area contributed by atoms with Gasteiger partial charge in [0.2, 0.25) is 5.91 Å². The van der Waals surface area contributed by atoms with Crippen molar-refractivity contribution in [2.24, 2.45) is 5.73 Å². The second kappa shape index (κ2) is 11.5. The van der Waals surface area contributed by atoms with Crippen molar-refractivity contribution < 1.29 is 19.0 Å². The van der Waals surface area contributed by atoms with Crippen molar-refractivity contribution in [1.29, 1.82) is 0 Å². The van der Waals surface area contributed by atoms with Crippen LogP contribution in [0.3, 0.4) is 0 Å². The first kappa shape index (κ1) is 24.3. The van der Waals surface area contributed by atoms with Crippen LogP contribution < -0.4 is 20.5 Å². The minimum absolute atomic E-state index is 0.180. The molecule has 1 amide bonds. The predicted octanol–water partition coefficient (Wildman–Crippen LogP) is 3.87. The summed E-state index contributed by atoms with van der Waals surface area (Å²) >= 11 is 0. The fraction of sp³-hybridized carbons (Fsp3) is 0.296. The van der Waals surface area contributed by atoms with Crippen molar-refractivity contribution >= 4 is 5.91 Å². The summed E-state index contributed by atoms with van der Waals surface area (Å²) < 4.78 is 17.4. The molecule has 3 aromatic rings. The normalized spacial score (nSPS) is 12.1. The van der Waals surface area contributed by atoms with Gasteiger partial charge in [-0.15, -0.1) is 0 Å². The van der Waals surface area contributed by atoms with Crippen molar-refractivity contribution in [3.8, 4) is 11.5 Å². The summed E-state index contributed by atoms with van der Waals surface area (Å²) in [6.45, 7) is 2.51. The Hall–Kier alpha value is -3.35. The van der Waals surface area contributed by atoms with Gasteiger partial charge in [0.15, 0.2) is 0 Å². The number of hydrogen-bond acceptors (Lipinski definition) is 5. The highest BCUT2D eigenvalue weighted by atomic mass is 16.5. The van der Waals surface area contributed by atoms with Crippen LogP contribution in [0.5, 0.6) is 11.5 Å². The Bertz CT molecular complexity index is 957. The minimum Gasteiger partial charge on any atom is -0.497 e. The summed E-state index contributed by atoms with van der Waals surface area (Å²) in [5.74, 6) is 1.34. The molecule has 3 aromatic carbocycles. The van der Waals surface area contributed by atoms with Gasteiger partial charge >= 0.3 is 0 Å². The van der Waals surface area contributed by atoms with Gasteiger partial charge in [0.05, 0.1) is 26.9 Å². The maximum Gasteiger partial charge on any atom is 0.236 e. The Morgan fingerprint density at radius 3 is 1.79 bits per heavy atom. The minimum atomic E-state index is -0.905. The quantitative estimate of drug-likeness (QED) is 0.344. The van der Waals surface area contributed by atoms with Gasteiger partial charge in [-0.1, -0.05) is 61.5 Å². The number of nitrogens with one attached hydrogen (secondary N) is 1. The van der Waals surface area contributed by atoms with Gasteiger partial charge in [0, 0.05) is 6.54 Å². The molecule has 6 heteroatoms. The largest absolute Gasteiger partial charge is 0.497 e. The maximum atomic E-state index is 12.1. The van der Waals surface area contributed by atoms with Crippen molar-refractivity contribution in [2.45, 2.75) is 25.0 Å². The molecule has 1 atom stereocenters. The number of carbonyl (C=O) groups is 1.